The molecule has 1 aromatic rings. The quantitative estimate of drug-likeness (QED) is 0.471. The molecule has 0 heterocycles. The average molecular weight is 313 g/mol. The van der Waals surface area contributed by atoms with Gasteiger partial charge in [0.15, 0.2) is 0 Å². The SMILES string of the molecule is CCCCCNCC[N+](CC)(CC)Cc1ccccc1.[Cl-]. The van der Waals surface area contributed by atoms with E-state index in [2.05, 4.69) is 56.4 Å². The number of nitrogens with zero attached hydrogens (tertiary/aromatic N) is 1. The number of benzene rings is 1. The fourth-order valence-electron chi connectivity index (χ4n) is 2.75. The number of nitrogens with one attached hydrogen (secondary N) is 1. The van der Waals surface area contributed by atoms with E-state index in [1.165, 1.54) is 55.5 Å². The third-order valence-corrected chi connectivity index (χ3v) is 4.42. The second-order valence-electron chi connectivity index (χ2n) is 5.80. The first-order valence-electron chi connectivity index (χ1n) is 8.36. The molecular weight excluding hydrogens is 280 g/mol. The largest absolute Gasteiger partial charge is 1.00 e. The Morgan fingerprint density at radius 2 is 1.57 bits per heavy atom. The molecule has 0 spiro atoms. The second kappa shape index (κ2) is 12.0. The van der Waals surface area contributed by atoms with Crippen LogP contribution in [0.3, 0.4) is 0 Å². The second-order valence-corrected chi connectivity index (χ2v) is 5.80. The Balaban J connectivity index is 0.00000400. The van der Waals surface area contributed by atoms with E-state index in [1.807, 2.05) is 0 Å². The summed E-state index contributed by atoms with van der Waals surface area (Å²) in [5.41, 5.74) is 1.46. The lowest BCUT2D eigenvalue weighted by Gasteiger charge is -2.37. The molecule has 1 aromatic carbocycles. The monoisotopic (exact) mass is 312 g/mol. The van der Waals surface area contributed by atoms with Gasteiger partial charge in [0.1, 0.15) is 6.54 Å². The van der Waals surface area contributed by atoms with Crippen LogP contribution in [-0.2, 0) is 6.54 Å². The number of quaternary nitrogens is 1. The standard InChI is InChI=1S/C18H33N2.ClH/c1-4-7-11-14-19-15-16-20(5-2,6-3)17-18-12-9-8-10-13-18;/h8-10,12-13,19H,4-7,11,14-17H2,1-3H3;1H/q+1;/p-1. The molecule has 1 N–H and O–H groups in total. The van der Waals surface area contributed by atoms with E-state index in [0.717, 1.165) is 13.1 Å². The predicted molar refractivity (Wildman–Crippen MR) is 88.8 cm³/mol. The molecule has 0 bridgehead atoms. The Bertz CT molecular complexity index is 336. The van der Waals surface area contributed by atoms with Crippen LogP contribution < -0.4 is 17.7 Å². The van der Waals surface area contributed by atoms with E-state index in [0.29, 0.717) is 0 Å². The van der Waals surface area contributed by atoms with Gasteiger partial charge in [-0.3, -0.25) is 0 Å². The minimum Gasteiger partial charge on any atom is -1.00 e. The lowest BCUT2D eigenvalue weighted by atomic mass is 10.1. The van der Waals surface area contributed by atoms with Crippen LogP contribution in [0.2, 0.25) is 0 Å². The molecule has 0 saturated carbocycles. The molecule has 122 valence electrons. The highest BCUT2D eigenvalue weighted by Gasteiger charge is 2.22. The Morgan fingerprint density at radius 1 is 0.905 bits per heavy atom. The fourth-order valence-corrected chi connectivity index (χ4v) is 2.75. The molecule has 0 aliphatic carbocycles. The van der Waals surface area contributed by atoms with Crippen LogP contribution in [0.25, 0.3) is 0 Å². The summed E-state index contributed by atoms with van der Waals surface area (Å²) in [6.07, 6.45) is 3.96. The molecule has 0 atom stereocenters. The highest BCUT2D eigenvalue weighted by Crippen LogP contribution is 2.13. The van der Waals surface area contributed by atoms with Gasteiger partial charge in [-0.15, -0.1) is 0 Å². The van der Waals surface area contributed by atoms with Crippen molar-refractivity contribution in [3.8, 4) is 0 Å². The van der Waals surface area contributed by atoms with Crippen LogP contribution in [0.1, 0.15) is 45.6 Å². The van der Waals surface area contributed by atoms with E-state index < -0.39 is 0 Å². The van der Waals surface area contributed by atoms with Crippen molar-refractivity contribution in [3.63, 3.8) is 0 Å². The summed E-state index contributed by atoms with van der Waals surface area (Å²) in [4.78, 5) is 0. The molecule has 0 aromatic heterocycles. The maximum atomic E-state index is 3.61. The van der Waals surface area contributed by atoms with Gasteiger partial charge in [-0.25, -0.2) is 0 Å². The van der Waals surface area contributed by atoms with Crippen molar-refractivity contribution < 1.29 is 16.9 Å². The lowest BCUT2D eigenvalue weighted by molar-refractivity contribution is -0.936. The lowest BCUT2D eigenvalue weighted by Crippen LogP contribution is -3.00. The van der Waals surface area contributed by atoms with Crippen molar-refractivity contribution in [1.29, 1.82) is 0 Å². The number of rotatable bonds is 11. The molecule has 0 radical (unpaired) electrons. The van der Waals surface area contributed by atoms with Gasteiger partial charge >= 0.3 is 0 Å². The molecule has 0 fully saturated rings. The van der Waals surface area contributed by atoms with Crippen molar-refractivity contribution in [3.05, 3.63) is 35.9 Å². The Morgan fingerprint density at radius 3 is 2.14 bits per heavy atom. The van der Waals surface area contributed by atoms with Gasteiger partial charge in [-0.05, 0) is 26.8 Å². The van der Waals surface area contributed by atoms with E-state index in [1.54, 1.807) is 0 Å². The van der Waals surface area contributed by atoms with E-state index in [4.69, 9.17) is 0 Å². The highest BCUT2D eigenvalue weighted by atomic mass is 35.5. The normalized spacial score (nSPS) is 11.2. The molecule has 0 aliphatic rings. The third-order valence-electron chi connectivity index (χ3n) is 4.42. The topological polar surface area (TPSA) is 12.0 Å². The molecule has 0 saturated heterocycles. The van der Waals surface area contributed by atoms with Gasteiger partial charge in [0.25, 0.3) is 0 Å². The van der Waals surface area contributed by atoms with Crippen LogP contribution in [-0.4, -0.2) is 37.2 Å². The van der Waals surface area contributed by atoms with Crippen LogP contribution >= 0.6 is 0 Å². The van der Waals surface area contributed by atoms with Gasteiger partial charge in [-0.2, -0.15) is 0 Å². The zero-order valence-corrected chi connectivity index (χ0v) is 14.8. The minimum atomic E-state index is 0. The van der Waals surface area contributed by atoms with Crippen LogP contribution in [0.5, 0.6) is 0 Å². The van der Waals surface area contributed by atoms with Crippen molar-refractivity contribution >= 4 is 0 Å². The van der Waals surface area contributed by atoms with E-state index in [9.17, 15) is 0 Å². The smallest absolute Gasteiger partial charge is 0.104 e. The molecule has 0 aliphatic heterocycles. The van der Waals surface area contributed by atoms with E-state index in [-0.39, 0.29) is 12.4 Å². The first kappa shape index (κ1) is 20.4. The predicted octanol–water partition coefficient (Wildman–Crippen LogP) is 0.827. The number of hydrogen-bond acceptors (Lipinski definition) is 1. The van der Waals surface area contributed by atoms with Crippen LogP contribution in [0.15, 0.2) is 30.3 Å². The maximum absolute atomic E-state index is 3.61. The summed E-state index contributed by atoms with van der Waals surface area (Å²) in [5.74, 6) is 0. The van der Waals surface area contributed by atoms with Gasteiger partial charge < -0.3 is 22.2 Å². The molecule has 0 unspecified atom stereocenters. The van der Waals surface area contributed by atoms with Gasteiger partial charge in [-0.1, -0.05) is 50.1 Å². The average Bonchev–Trinajstić information content (AvgIpc) is 2.50. The number of unbranched alkanes of at least 4 members (excludes halogenated alkanes) is 2. The third kappa shape index (κ3) is 7.85. The summed E-state index contributed by atoms with van der Waals surface area (Å²) < 4.78 is 1.19. The van der Waals surface area contributed by atoms with Crippen molar-refractivity contribution in [2.24, 2.45) is 0 Å². The molecule has 3 heteroatoms. The van der Waals surface area contributed by atoms with Crippen molar-refractivity contribution in [2.75, 3.05) is 32.7 Å². The maximum Gasteiger partial charge on any atom is 0.104 e. The van der Waals surface area contributed by atoms with E-state index >= 15 is 0 Å². The molecule has 1 rings (SSSR count). The number of hydrogen-bond donors (Lipinski definition) is 1. The first-order chi connectivity index (χ1) is 9.76. The molecule has 0 amide bonds. The van der Waals surface area contributed by atoms with Crippen molar-refractivity contribution in [2.45, 2.75) is 46.6 Å². The van der Waals surface area contributed by atoms with Crippen LogP contribution in [0, 0.1) is 0 Å². The summed E-state index contributed by atoms with van der Waals surface area (Å²) >= 11 is 0. The Kier molecular flexibility index (Phi) is 11.7. The molecule has 2 nitrogen and oxygen atoms in total. The van der Waals surface area contributed by atoms with Gasteiger partial charge in [0, 0.05) is 12.1 Å². The van der Waals surface area contributed by atoms with Gasteiger partial charge in [0.2, 0.25) is 0 Å². The zero-order valence-electron chi connectivity index (χ0n) is 14.1. The van der Waals surface area contributed by atoms with Crippen LogP contribution in [0.4, 0.5) is 0 Å². The minimum absolute atomic E-state index is 0. The van der Waals surface area contributed by atoms with Crippen molar-refractivity contribution in [1.82, 2.24) is 5.32 Å². The first-order valence-corrected chi connectivity index (χ1v) is 8.36. The Labute approximate surface area is 137 Å². The summed E-state index contributed by atoms with van der Waals surface area (Å²) in [6, 6.07) is 10.9. The molecular formula is C18H33ClN2. The fraction of sp³-hybridized carbons (Fsp3) is 0.667. The highest BCUT2D eigenvalue weighted by molar-refractivity contribution is 5.13. The number of likely N-dealkylation sites (N-methyl/N-ethyl adjacent to an activating group) is 1. The summed E-state index contributed by atoms with van der Waals surface area (Å²) in [6.45, 7) is 14.0. The van der Waals surface area contributed by atoms with Gasteiger partial charge in [0.05, 0.1) is 19.6 Å². The molecule has 21 heavy (non-hydrogen) atoms. The summed E-state index contributed by atoms with van der Waals surface area (Å²) in [5, 5.41) is 3.61. The number of halogens is 1. The Hall–Kier alpha value is -0.570. The summed E-state index contributed by atoms with van der Waals surface area (Å²) in [7, 11) is 0. The zero-order chi connectivity index (χ0) is 14.7.